The lowest BCUT2D eigenvalue weighted by Crippen LogP contribution is -2.23. The first-order chi connectivity index (χ1) is 7.77. The van der Waals surface area contributed by atoms with Gasteiger partial charge in [0.15, 0.2) is 23.3 Å². The van der Waals surface area contributed by atoms with Gasteiger partial charge in [0.1, 0.15) is 0 Å². The minimum Gasteiger partial charge on any atom is -0.369 e. The first-order valence-electron chi connectivity index (χ1n) is 4.24. The van der Waals surface area contributed by atoms with Crippen molar-refractivity contribution in [3.8, 4) is 0 Å². The van der Waals surface area contributed by atoms with Gasteiger partial charge in [0, 0.05) is 0 Å². The molecule has 0 aliphatic rings. The molecule has 1 amide bonds. The van der Waals surface area contributed by atoms with Crippen molar-refractivity contribution in [1.82, 2.24) is 0 Å². The van der Waals surface area contributed by atoms with Crippen molar-refractivity contribution in [2.24, 2.45) is 5.73 Å². The largest absolute Gasteiger partial charge is 0.369 e. The molecule has 2 N–H and O–H groups in total. The Balaban J connectivity index is 3.30. The van der Waals surface area contributed by atoms with E-state index in [0.29, 0.717) is 0 Å². The Labute approximate surface area is 97.0 Å². The number of carbonyl (C=O) groups excluding carboxylic acids is 1. The van der Waals surface area contributed by atoms with Gasteiger partial charge >= 0.3 is 0 Å². The summed E-state index contributed by atoms with van der Waals surface area (Å²) in [6, 6.07) is 0. The lowest BCUT2D eigenvalue weighted by Gasteiger charge is -2.10. The zero-order chi connectivity index (χ0) is 13.3. The summed E-state index contributed by atoms with van der Waals surface area (Å²) < 4.78 is 64.5. The standard InChI is InChI=1S/C9H6F5NOS/c1-2(9(15)16)17-8-6(13)4(11)3(10)5(12)7(8)14/h2H,1H3,(H2,15,16)/t2-/m0/s1. The van der Waals surface area contributed by atoms with Crippen molar-refractivity contribution in [2.75, 3.05) is 0 Å². The molecule has 0 aliphatic heterocycles. The van der Waals surface area contributed by atoms with E-state index in [1.165, 1.54) is 6.92 Å². The molecular formula is C9H6F5NOS. The third kappa shape index (κ3) is 2.51. The highest BCUT2D eigenvalue weighted by molar-refractivity contribution is 8.00. The van der Waals surface area contributed by atoms with Crippen LogP contribution in [-0.4, -0.2) is 11.2 Å². The molecule has 0 spiro atoms. The number of primary amides is 1. The molecule has 17 heavy (non-hydrogen) atoms. The number of hydrogen-bond acceptors (Lipinski definition) is 2. The molecule has 0 heterocycles. The number of halogens is 5. The summed E-state index contributed by atoms with van der Waals surface area (Å²) in [7, 11) is 0. The minimum absolute atomic E-state index is 0.171. The van der Waals surface area contributed by atoms with E-state index in [9.17, 15) is 26.7 Å². The van der Waals surface area contributed by atoms with Crippen LogP contribution in [0.25, 0.3) is 0 Å². The lowest BCUT2D eigenvalue weighted by atomic mass is 10.3. The maximum absolute atomic E-state index is 13.1. The zero-order valence-corrected chi connectivity index (χ0v) is 9.18. The van der Waals surface area contributed by atoms with Gasteiger partial charge < -0.3 is 5.73 Å². The summed E-state index contributed by atoms with van der Waals surface area (Å²) in [5.41, 5.74) is 4.82. The van der Waals surface area contributed by atoms with Gasteiger partial charge in [0.05, 0.1) is 10.1 Å². The van der Waals surface area contributed by atoms with Crippen LogP contribution in [0.2, 0.25) is 0 Å². The van der Waals surface area contributed by atoms with Crippen molar-refractivity contribution in [1.29, 1.82) is 0 Å². The maximum atomic E-state index is 13.1. The second kappa shape index (κ2) is 4.91. The normalized spacial score (nSPS) is 12.6. The van der Waals surface area contributed by atoms with Crippen LogP contribution in [0, 0.1) is 29.1 Å². The monoisotopic (exact) mass is 271 g/mol. The number of hydrogen-bond donors (Lipinski definition) is 1. The SMILES string of the molecule is C[C@H](Sc1c(F)c(F)c(F)c(F)c1F)C(N)=O. The number of nitrogens with two attached hydrogens (primary N) is 1. The molecular weight excluding hydrogens is 265 g/mol. The van der Waals surface area contributed by atoms with Crippen molar-refractivity contribution >= 4 is 17.7 Å². The van der Waals surface area contributed by atoms with Crippen LogP contribution in [0.4, 0.5) is 22.0 Å². The highest BCUT2D eigenvalue weighted by Crippen LogP contribution is 2.33. The molecule has 1 atom stereocenters. The fourth-order valence-electron chi connectivity index (χ4n) is 0.923. The van der Waals surface area contributed by atoms with E-state index in [2.05, 4.69) is 0 Å². The van der Waals surface area contributed by atoms with E-state index < -0.39 is 45.1 Å². The molecule has 2 nitrogen and oxygen atoms in total. The van der Waals surface area contributed by atoms with E-state index in [1.54, 1.807) is 0 Å². The fourth-order valence-corrected chi connectivity index (χ4v) is 1.78. The third-order valence-electron chi connectivity index (χ3n) is 1.86. The van der Waals surface area contributed by atoms with E-state index >= 15 is 0 Å². The topological polar surface area (TPSA) is 43.1 Å². The van der Waals surface area contributed by atoms with Gasteiger partial charge in [0.25, 0.3) is 0 Å². The van der Waals surface area contributed by atoms with Gasteiger partial charge in [-0.1, -0.05) is 0 Å². The quantitative estimate of drug-likeness (QED) is 0.397. The fraction of sp³-hybridized carbons (Fsp3) is 0.222. The van der Waals surface area contributed by atoms with Crippen molar-refractivity contribution in [2.45, 2.75) is 17.1 Å². The summed E-state index contributed by atoms with van der Waals surface area (Å²) in [6.45, 7) is 1.19. The Morgan fingerprint density at radius 2 is 1.35 bits per heavy atom. The van der Waals surface area contributed by atoms with E-state index in [0.717, 1.165) is 0 Å². The molecule has 0 aromatic heterocycles. The predicted molar refractivity (Wildman–Crippen MR) is 50.7 cm³/mol. The summed E-state index contributed by atoms with van der Waals surface area (Å²) in [4.78, 5) is 9.54. The van der Waals surface area contributed by atoms with E-state index in [1.807, 2.05) is 0 Å². The molecule has 0 unspecified atom stereocenters. The molecule has 0 saturated heterocycles. The molecule has 0 radical (unpaired) electrons. The van der Waals surface area contributed by atoms with Gasteiger partial charge in [-0.05, 0) is 6.92 Å². The van der Waals surface area contributed by atoms with Crippen LogP contribution >= 0.6 is 11.8 Å². The Hall–Kier alpha value is -1.31. The Kier molecular flexibility index (Phi) is 3.97. The van der Waals surface area contributed by atoms with Crippen molar-refractivity contribution in [3.05, 3.63) is 29.1 Å². The highest BCUT2D eigenvalue weighted by Gasteiger charge is 2.27. The summed E-state index contributed by atoms with van der Waals surface area (Å²) in [5.74, 6) is -11.2. The number of rotatable bonds is 3. The van der Waals surface area contributed by atoms with Crippen LogP contribution in [0.15, 0.2) is 4.90 Å². The average Bonchev–Trinajstić information content (AvgIpc) is 2.29. The molecule has 1 aromatic rings. The number of carbonyl (C=O) groups is 1. The van der Waals surface area contributed by atoms with Gasteiger partial charge in [-0.25, -0.2) is 22.0 Å². The molecule has 0 saturated carbocycles. The van der Waals surface area contributed by atoms with Crippen LogP contribution in [-0.2, 0) is 4.79 Å². The second-order valence-corrected chi connectivity index (χ2v) is 4.41. The summed E-state index contributed by atoms with van der Waals surface area (Å²) in [6.07, 6.45) is 0. The smallest absolute Gasteiger partial charge is 0.230 e. The minimum atomic E-state index is -2.24. The summed E-state index contributed by atoms with van der Waals surface area (Å²) in [5, 5.41) is -1.12. The second-order valence-electron chi connectivity index (χ2n) is 3.06. The molecule has 1 rings (SSSR count). The molecule has 8 heteroatoms. The molecule has 94 valence electrons. The van der Waals surface area contributed by atoms with Gasteiger partial charge in [-0.3, -0.25) is 4.79 Å². The zero-order valence-electron chi connectivity index (χ0n) is 8.36. The molecule has 0 aliphatic carbocycles. The van der Waals surface area contributed by atoms with Gasteiger partial charge in [-0.15, -0.1) is 11.8 Å². The Morgan fingerprint density at radius 3 is 1.71 bits per heavy atom. The van der Waals surface area contributed by atoms with Crippen molar-refractivity contribution < 1.29 is 26.7 Å². The molecule has 0 fully saturated rings. The van der Waals surface area contributed by atoms with E-state index in [-0.39, 0.29) is 11.8 Å². The van der Waals surface area contributed by atoms with Crippen molar-refractivity contribution in [3.63, 3.8) is 0 Å². The Morgan fingerprint density at radius 1 is 1.00 bits per heavy atom. The molecule has 0 bridgehead atoms. The Bertz CT molecular complexity index is 450. The van der Waals surface area contributed by atoms with Crippen LogP contribution in [0.3, 0.4) is 0 Å². The number of thioether (sulfide) groups is 1. The number of amides is 1. The van der Waals surface area contributed by atoms with Crippen LogP contribution < -0.4 is 5.73 Å². The maximum Gasteiger partial charge on any atom is 0.230 e. The van der Waals surface area contributed by atoms with Crippen LogP contribution in [0.5, 0.6) is 0 Å². The summed E-state index contributed by atoms with van der Waals surface area (Å²) >= 11 is 0.171. The average molecular weight is 271 g/mol. The van der Waals surface area contributed by atoms with Gasteiger partial charge in [0.2, 0.25) is 11.7 Å². The van der Waals surface area contributed by atoms with Crippen LogP contribution in [0.1, 0.15) is 6.92 Å². The van der Waals surface area contributed by atoms with E-state index in [4.69, 9.17) is 5.73 Å². The number of benzene rings is 1. The molecule has 1 aromatic carbocycles. The lowest BCUT2D eigenvalue weighted by molar-refractivity contribution is -0.117. The first kappa shape index (κ1) is 13.8. The third-order valence-corrected chi connectivity index (χ3v) is 3.04. The predicted octanol–water partition coefficient (Wildman–Crippen LogP) is 2.35. The first-order valence-corrected chi connectivity index (χ1v) is 5.12. The van der Waals surface area contributed by atoms with Gasteiger partial charge in [-0.2, -0.15) is 0 Å². The highest BCUT2D eigenvalue weighted by atomic mass is 32.2.